The van der Waals surface area contributed by atoms with E-state index in [1.54, 1.807) is 12.1 Å². The number of hydrogen-bond donors (Lipinski definition) is 0. The van der Waals surface area contributed by atoms with Gasteiger partial charge in [0.1, 0.15) is 0 Å². The van der Waals surface area contributed by atoms with Crippen molar-refractivity contribution in [3.8, 4) is 0 Å². The molecule has 1 aromatic carbocycles. The predicted molar refractivity (Wildman–Crippen MR) is 76.8 cm³/mol. The van der Waals surface area contributed by atoms with Crippen LogP contribution in [-0.2, 0) is 10.9 Å². The van der Waals surface area contributed by atoms with Gasteiger partial charge in [0.2, 0.25) is 0 Å². The Balaban J connectivity index is 1.55. The van der Waals surface area contributed by atoms with E-state index >= 15 is 0 Å². The third-order valence-electron chi connectivity index (χ3n) is 4.53. The van der Waals surface area contributed by atoms with E-state index in [1.165, 1.54) is 37.8 Å². The molecule has 21 heavy (non-hydrogen) atoms. The molecule has 0 N–H and O–H groups in total. The Bertz CT molecular complexity index is 471. The first-order chi connectivity index (χ1) is 10.0. The molecular weight excluding hydrogens is 393 g/mol. The molecule has 0 aromatic heterocycles. The van der Waals surface area contributed by atoms with Gasteiger partial charge < -0.3 is 0 Å². The first-order valence-corrected chi connectivity index (χ1v) is 10.3. The molecule has 0 amide bonds. The minimum atomic E-state index is -4.23. The Morgan fingerprint density at radius 3 is 2.52 bits per heavy atom. The summed E-state index contributed by atoms with van der Waals surface area (Å²) in [6, 6.07) is 5.77. The summed E-state index contributed by atoms with van der Waals surface area (Å²) in [5.41, 5.74) is -0.546. The zero-order chi connectivity index (χ0) is 14.9. The van der Waals surface area contributed by atoms with E-state index in [0.717, 1.165) is 14.7 Å². The maximum absolute atomic E-state index is 12.5. The SMILES string of the molecule is FC(F)(F)c1ccc([Te]CC2CO[C@@H]3CCCC[C@H]23)cc1. The van der Waals surface area contributed by atoms with Gasteiger partial charge in [-0.2, -0.15) is 0 Å². The van der Waals surface area contributed by atoms with Crippen molar-refractivity contribution in [3.63, 3.8) is 0 Å². The zero-order valence-electron chi connectivity index (χ0n) is 11.7. The van der Waals surface area contributed by atoms with Gasteiger partial charge in [0.25, 0.3) is 0 Å². The summed E-state index contributed by atoms with van der Waals surface area (Å²) in [6.07, 6.45) is 1.29. The van der Waals surface area contributed by atoms with Gasteiger partial charge in [-0.3, -0.25) is 0 Å². The van der Waals surface area contributed by atoms with Gasteiger partial charge in [-0.05, 0) is 0 Å². The minimum absolute atomic E-state index is 0.410. The van der Waals surface area contributed by atoms with Crippen LogP contribution in [0.15, 0.2) is 24.3 Å². The van der Waals surface area contributed by atoms with Gasteiger partial charge >= 0.3 is 133 Å². The summed E-state index contributed by atoms with van der Waals surface area (Å²) in [6.45, 7) is 0.862. The fraction of sp³-hybridized carbons (Fsp3) is 0.625. The number of rotatable bonds is 3. The van der Waals surface area contributed by atoms with E-state index in [1.807, 2.05) is 0 Å². The molecule has 1 aromatic rings. The van der Waals surface area contributed by atoms with Crippen LogP contribution in [0.3, 0.4) is 0 Å². The summed E-state index contributed by atoms with van der Waals surface area (Å²) < 4.78 is 45.8. The molecule has 1 heterocycles. The predicted octanol–water partition coefficient (Wildman–Crippen LogP) is 3.66. The number of halogens is 3. The third-order valence-corrected chi connectivity index (χ3v) is 7.96. The summed E-state index contributed by atoms with van der Waals surface area (Å²) >= 11 is -0.410. The number of benzene rings is 1. The van der Waals surface area contributed by atoms with Crippen LogP contribution in [0.4, 0.5) is 13.2 Å². The van der Waals surface area contributed by atoms with Gasteiger partial charge in [0, 0.05) is 0 Å². The Morgan fingerprint density at radius 2 is 1.81 bits per heavy atom. The molecule has 2 fully saturated rings. The van der Waals surface area contributed by atoms with Crippen molar-refractivity contribution in [3.05, 3.63) is 29.8 Å². The van der Waals surface area contributed by atoms with Crippen molar-refractivity contribution in [1.29, 1.82) is 0 Å². The fourth-order valence-corrected chi connectivity index (χ4v) is 6.44. The second-order valence-corrected chi connectivity index (χ2v) is 9.03. The van der Waals surface area contributed by atoms with Crippen LogP contribution < -0.4 is 3.61 Å². The van der Waals surface area contributed by atoms with Crippen molar-refractivity contribution in [2.45, 2.75) is 42.4 Å². The van der Waals surface area contributed by atoms with Crippen molar-refractivity contribution in [2.75, 3.05) is 6.61 Å². The van der Waals surface area contributed by atoms with Gasteiger partial charge in [-0.1, -0.05) is 0 Å². The maximum atomic E-state index is 12.5. The molecule has 0 radical (unpaired) electrons. The standard InChI is InChI=1S/C16H19F3OTe/c17-16(18,19)12-5-7-13(8-6-12)21-10-11-9-20-15-4-2-1-3-14(11)15/h5-8,11,14-15H,1-4,9-10H2/t11?,14-,15-/m1/s1. The second kappa shape index (κ2) is 6.48. The van der Waals surface area contributed by atoms with Crippen LogP contribution in [-0.4, -0.2) is 33.6 Å². The molecule has 1 unspecified atom stereocenters. The number of alkyl halides is 3. The van der Waals surface area contributed by atoms with Gasteiger partial charge in [-0.15, -0.1) is 0 Å². The number of ether oxygens (including phenoxy) is 1. The molecule has 2 aliphatic rings. The average molecular weight is 412 g/mol. The van der Waals surface area contributed by atoms with Crippen LogP contribution in [0.5, 0.6) is 0 Å². The van der Waals surface area contributed by atoms with E-state index in [9.17, 15) is 13.2 Å². The molecule has 0 spiro atoms. The van der Waals surface area contributed by atoms with Crippen LogP contribution in [0.25, 0.3) is 0 Å². The molecule has 1 nitrogen and oxygen atoms in total. The Kier molecular flexibility index (Phi) is 4.83. The molecule has 5 heteroatoms. The first kappa shape index (κ1) is 15.6. The molecule has 3 atom stereocenters. The van der Waals surface area contributed by atoms with Crippen molar-refractivity contribution in [1.82, 2.24) is 0 Å². The number of hydrogen-bond acceptors (Lipinski definition) is 1. The topological polar surface area (TPSA) is 9.23 Å². The summed E-state index contributed by atoms with van der Waals surface area (Å²) in [7, 11) is 0. The molecule has 1 saturated heterocycles. The molecule has 1 saturated carbocycles. The molecule has 3 rings (SSSR count). The fourth-order valence-electron chi connectivity index (χ4n) is 3.36. The molecule has 1 aliphatic carbocycles. The molecule has 0 bridgehead atoms. The normalized spacial score (nSPS) is 29.4. The van der Waals surface area contributed by atoms with Crippen LogP contribution in [0, 0.1) is 11.8 Å². The van der Waals surface area contributed by atoms with E-state index in [4.69, 9.17) is 4.74 Å². The van der Waals surface area contributed by atoms with E-state index in [0.29, 0.717) is 17.9 Å². The molecule has 1 aliphatic heterocycles. The first-order valence-electron chi connectivity index (χ1n) is 7.46. The van der Waals surface area contributed by atoms with Crippen LogP contribution >= 0.6 is 0 Å². The monoisotopic (exact) mass is 414 g/mol. The average Bonchev–Trinajstić information content (AvgIpc) is 2.88. The Labute approximate surface area is 133 Å². The van der Waals surface area contributed by atoms with E-state index in [2.05, 4.69) is 0 Å². The van der Waals surface area contributed by atoms with Gasteiger partial charge in [-0.25, -0.2) is 0 Å². The molecule has 116 valence electrons. The van der Waals surface area contributed by atoms with Gasteiger partial charge in [0.05, 0.1) is 0 Å². The van der Waals surface area contributed by atoms with E-state index in [-0.39, 0.29) is 0 Å². The molecular formula is C16H19F3OTe. The quantitative estimate of drug-likeness (QED) is 0.690. The van der Waals surface area contributed by atoms with Crippen molar-refractivity contribution in [2.24, 2.45) is 11.8 Å². The van der Waals surface area contributed by atoms with Gasteiger partial charge in [0.15, 0.2) is 0 Å². The second-order valence-electron chi connectivity index (χ2n) is 5.91. The Hall–Kier alpha value is -0.240. The summed E-state index contributed by atoms with van der Waals surface area (Å²) in [5, 5.41) is 0. The Morgan fingerprint density at radius 1 is 1.10 bits per heavy atom. The van der Waals surface area contributed by atoms with Crippen molar-refractivity contribution < 1.29 is 17.9 Å². The summed E-state index contributed by atoms with van der Waals surface area (Å²) in [4.78, 5) is 0. The van der Waals surface area contributed by atoms with Crippen molar-refractivity contribution >= 4 is 24.5 Å². The van der Waals surface area contributed by atoms with E-state index < -0.39 is 32.7 Å². The van der Waals surface area contributed by atoms with Crippen LogP contribution in [0.1, 0.15) is 31.2 Å². The summed E-state index contributed by atoms with van der Waals surface area (Å²) in [5.74, 6) is 1.35. The third kappa shape index (κ3) is 3.75. The van der Waals surface area contributed by atoms with Crippen LogP contribution in [0.2, 0.25) is 4.47 Å². The zero-order valence-corrected chi connectivity index (χ0v) is 14.1. The number of fused-ring (bicyclic) bond motifs is 1.